The molecular weight excluding hydrogens is 853 g/mol. The lowest BCUT2D eigenvalue weighted by atomic mass is 10.1. The molecule has 0 amide bonds. The van der Waals surface area contributed by atoms with Crippen LogP contribution >= 0.6 is 0 Å². The number of hydrogen-bond acceptors (Lipinski definition) is 6. The number of unbranched alkanes of at least 4 members (excludes halogenated alkanes) is 18. The van der Waals surface area contributed by atoms with Gasteiger partial charge in [0.2, 0.25) is 0 Å². The molecule has 6 nitrogen and oxygen atoms in total. The van der Waals surface area contributed by atoms with Gasteiger partial charge in [-0.3, -0.25) is 14.4 Å². The van der Waals surface area contributed by atoms with Gasteiger partial charge in [0.1, 0.15) is 13.2 Å². The summed E-state index contributed by atoms with van der Waals surface area (Å²) < 4.78 is 16.8. The number of rotatable bonds is 49. The molecule has 0 spiro atoms. The summed E-state index contributed by atoms with van der Waals surface area (Å²) in [7, 11) is 0. The summed E-state index contributed by atoms with van der Waals surface area (Å²) in [5.41, 5.74) is 0. The van der Waals surface area contributed by atoms with Crippen LogP contribution in [0.25, 0.3) is 0 Å². The van der Waals surface area contributed by atoms with Gasteiger partial charge in [-0.2, -0.15) is 0 Å². The summed E-state index contributed by atoms with van der Waals surface area (Å²) in [4.78, 5) is 38.1. The number of ether oxygens (including phenoxy) is 3. The Balaban J connectivity index is 4.52. The van der Waals surface area contributed by atoms with Gasteiger partial charge in [-0.25, -0.2) is 0 Å². The highest BCUT2D eigenvalue weighted by atomic mass is 16.6. The monoisotopic (exact) mass is 955 g/mol. The fraction of sp³-hybridized carbons (Fsp3) is 0.635. The second kappa shape index (κ2) is 56.4. The number of allylic oxidation sites excluding steroid dienone is 20. The summed E-state index contributed by atoms with van der Waals surface area (Å²) >= 11 is 0. The smallest absolute Gasteiger partial charge is 0.306 e. The molecule has 0 aliphatic heterocycles. The molecule has 0 radical (unpaired) electrons. The summed E-state index contributed by atoms with van der Waals surface area (Å²) in [6.07, 6.45) is 77.5. The highest BCUT2D eigenvalue weighted by Gasteiger charge is 2.19. The maximum atomic E-state index is 12.8. The molecule has 0 heterocycles. The van der Waals surface area contributed by atoms with Gasteiger partial charge in [0.05, 0.1) is 0 Å². The molecule has 69 heavy (non-hydrogen) atoms. The number of carbonyl (C=O) groups is 3. The van der Waals surface area contributed by atoms with Gasteiger partial charge in [0.25, 0.3) is 0 Å². The first-order valence-corrected chi connectivity index (χ1v) is 28.0. The van der Waals surface area contributed by atoms with Crippen molar-refractivity contribution in [2.45, 2.75) is 245 Å². The molecular formula is C63H102O6. The Morgan fingerprint density at radius 1 is 0.304 bits per heavy atom. The molecule has 0 rings (SSSR count). The van der Waals surface area contributed by atoms with E-state index in [0.717, 1.165) is 141 Å². The van der Waals surface area contributed by atoms with Crippen LogP contribution < -0.4 is 0 Å². The minimum absolute atomic E-state index is 0.108. The summed E-state index contributed by atoms with van der Waals surface area (Å²) in [5.74, 6) is -0.983. The van der Waals surface area contributed by atoms with Crippen molar-refractivity contribution in [3.63, 3.8) is 0 Å². The van der Waals surface area contributed by atoms with Crippen molar-refractivity contribution < 1.29 is 28.6 Å². The fourth-order valence-electron chi connectivity index (χ4n) is 7.20. The van der Waals surface area contributed by atoms with Gasteiger partial charge in [0, 0.05) is 19.3 Å². The molecule has 0 saturated heterocycles. The molecule has 0 bridgehead atoms. The zero-order chi connectivity index (χ0) is 50.0. The number of esters is 3. The number of carbonyl (C=O) groups excluding carboxylic acids is 3. The molecule has 0 aromatic carbocycles. The first-order valence-electron chi connectivity index (χ1n) is 28.0. The van der Waals surface area contributed by atoms with E-state index in [2.05, 4.69) is 142 Å². The summed E-state index contributed by atoms with van der Waals surface area (Å²) in [6, 6.07) is 0. The average molecular weight is 956 g/mol. The Morgan fingerprint density at radius 3 is 0.957 bits per heavy atom. The van der Waals surface area contributed by atoms with Crippen molar-refractivity contribution in [2.75, 3.05) is 13.2 Å². The van der Waals surface area contributed by atoms with Crippen LogP contribution in [0.5, 0.6) is 0 Å². The zero-order valence-corrected chi connectivity index (χ0v) is 44.5. The Morgan fingerprint density at radius 2 is 0.580 bits per heavy atom. The molecule has 1 atom stereocenters. The van der Waals surface area contributed by atoms with Crippen molar-refractivity contribution in [3.05, 3.63) is 122 Å². The van der Waals surface area contributed by atoms with Crippen molar-refractivity contribution in [2.24, 2.45) is 0 Å². The SMILES string of the molecule is CC/C=C\C/C=C\C/C=C\C/C=C\C/C=C\C/C=C\CCCCC(=O)OCC(COC(=O)CCCCCCC/C=C\C/C=C\CCCC)OC(=O)CCCCCCC/C=C\C/C=C\CCCCCC. The van der Waals surface area contributed by atoms with Crippen molar-refractivity contribution in [3.8, 4) is 0 Å². The van der Waals surface area contributed by atoms with Gasteiger partial charge in [-0.15, -0.1) is 0 Å². The third-order valence-electron chi connectivity index (χ3n) is 11.4. The second-order valence-electron chi connectivity index (χ2n) is 18.1. The zero-order valence-electron chi connectivity index (χ0n) is 44.5. The first-order chi connectivity index (χ1) is 34.0. The fourth-order valence-corrected chi connectivity index (χ4v) is 7.20. The highest BCUT2D eigenvalue weighted by molar-refractivity contribution is 5.71. The first kappa shape index (κ1) is 64.8. The lowest BCUT2D eigenvalue weighted by Crippen LogP contribution is -2.30. The van der Waals surface area contributed by atoms with Crippen LogP contribution in [0.1, 0.15) is 239 Å². The van der Waals surface area contributed by atoms with Crippen LogP contribution in [-0.4, -0.2) is 37.2 Å². The van der Waals surface area contributed by atoms with E-state index in [1.807, 2.05) is 0 Å². The van der Waals surface area contributed by atoms with Crippen LogP contribution in [0.3, 0.4) is 0 Å². The van der Waals surface area contributed by atoms with Crippen LogP contribution in [0, 0.1) is 0 Å². The lowest BCUT2D eigenvalue weighted by Gasteiger charge is -2.18. The predicted octanol–water partition coefficient (Wildman–Crippen LogP) is 18.9. The van der Waals surface area contributed by atoms with E-state index in [-0.39, 0.29) is 31.1 Å². The Labute approximate surface area is 424 Å². The molecule has 0 aliphatic carbocycles. The van der Waals surface area contributed by atoms with E-state index >= 15 is 0 Å². The topological polar surface area (TPSA) is 78.9 Å². The maximum Gasteiger partial charge on any atom is 0.306 e. The summed E-state index contributed by atoms with van der Waals surface area (Å²) in [6.45, 7) is 6.40. The van der Waals surface area contributed by atoms with Crippen molar-refractivity contribution in [1.29, 1.82) is 0 Å². The van der Waals surface area contributed by atoms with Gasteiger partial charge in [-0.1, -0.05) is 213 Å². The molecule has 6 heteroatoms. The second-order valence-corrected chi connectivity index (χ2v) is 18.1. The van der Waals surface area contributed by atoms with E-state index in [9.17, 15) is 14.4 Å². The van der Waals surface area contributed by atoms with Crippen LogP contribution in [0.2, 0.25) is 0 Å². The number of hydrogen-bond donors (Lipinski definition) is 0. The van der Waals surface area contributed by atoms with Crippen molar-refractivity contribution >= 4 is 17.9 Å². The van der Waals surface area contributed by atoms with E-state index in [4.69, 9.17) is 14.2 Å². The van der Waals surface area contributed by atoms with E-state index in [1.54, 1.807) is 0 Å². The predicted molar refractivity (Wildman–Crippen MR) is 297 cm³/mol. The lowest BCUT2D eigenvalue weighted by molar-refractivity contribution is -0.167. The minimum atomic E-state index is -0.813. The van der Waals surface area contributed by atoms with E-state index in [0.29, 0.717) is 25.7 Å². The highest BCUT2D eigenvalue weighted by Crippen LogP contribution is 2.13. The molecule has 0 saturated carbocycles. The molecule has 0 aliphatic rings. The van der Waals surface area contributed by atoms with Gasteiger partial charge in [-0.05, 0) is 128 Å². The third-order valence-corrected chi connectivity index (χ3v) is 11.4. The quantitative estimate of drug-likeness (QED) is 0.0262. The normalized spacial score (nSPS) is 13.0. The van der Waals surface area contributed by atoms with Crippen LogP contribution in [0.15, 0.2) is 122 Å². The van der Waals surface area contributed by atoms with Crippen molar-refractivity contribution in [1.82, 2.24) is 0 Å². The molecule has 0 aromatic heterocycles. The standard InChI is InChI=1S/C63H102O6/c1-4-7-10-13-16-19-22-25-28-30-31-32-33-34-36-38-41-44-47-50-53-56-62(65)68-59-60(58-67-61(64)55-52-49-46-43-40-37-27-24-21-18-15-12-9-6-3)69-63(66)57-54-51-48-45-42-39-35-29-26-23-20-17-14-11-8-5-2/h7,10,15-16,18-20,23-25,27-29,31-32,34-36,41,44,60H,4-6,8-9,11-14,17,21-22,26,30,33,37-40,42-43,45-59H2,1-3H3/b10-7-,18-15-,19-16-,23-20-,27-24-,28-25-,32-31-,35-29-,36-34-,44-41-. The largest absolute Gasteiger partial charge is 0.462 e. The molecule has 1 unspecified atom stereocenters. The molecule has 390 valence electrons. The average Bonchev–Trinajstić information content (AvgIpc) is 3.35. The maximum absolute atomic E-state index is 12.8. The minimum Gasteiger partial charge on any atom is -0.462 e. The van der Waals surface area contributed by atoms with Gasteiger partial charge in [0.15, 0.2) is 6.10 Å². The Bertz CT molecular complexity index is 1470. The molecule has 0 fully saturated rings. The molecule has 0 aromatic rings. The Hall–Kier alpha value is -4.19. The van der Waals surface area contributed by atoms with E-state index < -0.39 is 6.10 Å². The van der Waals surface area contributed by atoms with E-state index in [1.165, 1.54) is 51.4 Å². The van der Waals surface area contributed by atoms with Crippen LogP contribution in [0.4, 0.5) is 0 Å². The molecule has 0 N–H and O–H groups in total. The van der Waals surface area contributed by atoms with Crippen LogP contribution in [-0.2, 0) is 28.6 Å². The van der Waals surface area contributed by atoms with Gasteiger partial charge >= 0.3 is 17.9 Å². The van der Waals surface area contributed by atoms with Gasteiger partial charge < -0.3 is 14.2 Å². The summed E-state index contributed by atoms with van der Waals surface area (Å²) in [5, 5.41) is 0. The Kier molecular flexibility index (Phi) is 53.0. The third kappa shape index (κ3) is 54.6.